The molecule has 0 bridgehead atoms. The third-order valence-electron chi connectivity index (χ3n) is 3.17. The Morgan fingerprint density at radius 1 is 0.818 bits per heavy atom. The molecule has 3 aromatic rings. The van der Waals surface area contributed by atoms with Crippen LogP contribution in [0, 0.1) is 0 Å². The molecule has 0 aliphatic rings. The summed E-state index contributed by atoms with van der Waals surface area (Å²) in [5, 5.41) is 1.90. The van der Waals surface area contributed by atoms with E-state index in [2.05, 4.69) is 4.72 Å². The number of fused-ring (bicyclic) bond motifs is 1. The van der Waals surface area contributed by atoms with E-state index in [0.29, 0.717) is 11.4 Å². The third kappa shape index (κ3) is 3.38. The molecule has 0 unspecified atom stereocenters. The van der Waals surface area contributed by atoms with Crippen molar-refractivity contribution in [2.24, 2.45) is 0 Å². The Morgan fingerprint density at radius 2 is 1.50 bits per heavy atom. The molecule has 0 aromatic heterocycles. The maximum atomic E-state index is 12.1. The topological polar surface area (TPSA) is 55.4 Å². The van der Waals surface area contributed by atoms with Crippen molar-refractivity contribution in [3.8, 4) is 5.75 Å². The Morgan fingerprint density at radius 3 is 2.32 bits per heavy atom. The van der Waals surface area contributed by atoms with Crippen molar-refractivity contribution < 1.29 is 13.2 Å². The van der Waals surface area contributed by atoms with E-state index in [4.69, 9.17) is 4.74 Å². The van der Waals surface area contributed by atoms with E-state index in [9.17, 15) is 8.42 Å². The lowest BCUT2D eigenvalue weighted by Gasteiger charge is -2.11. The first-order chi connectivity index (χ1) is 10.6. The molecule has 0 aliphatic heterocycles. The van der Waals surface area contributed by atoms with Crippen LogP contribution in [0.3, 0.4) is 0 Å². The monoisotopic (exact) mass is 313 g/mol. The molecule has 1 N–H and O–H groups in total. The molecule has 5 heteroatoms. The highest BCUT2D eigenvalue weighted by Gasteiger charge is 2.12. The van der Waals surface area contributed by atoms with Crippen LogP contribution in [0.15, 0.2) is 72.8 Å². The molecule has 0 amide bonds. The zero-order valence-electron chi connectivity index (χ0n) is 11.8. The molecule has 0 atom stereocenters. The van der Waals surface area contributed by atoms with Gasteiger partial charge in [-0.1, -0.05) is 54.6 Å². The van der Waals surface area contributed by atoms with Crippen molar-refractivity contribution in [2.45, 2.75) is 0 Å². The summed E-state index contributed by atoms with van der Waals surface area (Å²) in [6, 6.07) is 22.0. The molecular formula is C17H15NO3S. The summed E-state index contributed by atoms with van der Waals surface area (Å²) in [7, 11) is -3.57. The van der Waals surface area contributed by atoms with Crippen molar-refractivity contribution >= 4 is 26.5 Å². The minimum absolute atomic E-state index is 0.435. The molecule has 0 radical (unpaired) electrons. The van der Waals surface area contributed by atoms with E-state index < -0.39 is 16.0 Å². The number of nitrogens with one attached hydrogen (secondary N) is 1. The van der Waals surface area contributed by atoms with Crippen LogP contribution in [0.2, 0.25) is 0 Å². The van der Waals surface area contributed by atoms with E-state index in [1.807, 2.05) is 42.5 Å². The van der Waals surface area contributed by atoms with Crippen LogP contribution >= 0.6 is 0 Å². The second kappa shape index (κ2) is 6.07. The highest BCUT2D eigenvalue weighted by Crippen LogP contribution is 2.25. The van der Waals surface area contributed by atoms with Gasteiger partial charge in [-0.2, -0.15) is 0 Å². The molecular weight excluding hydrogens is 298 g/mol. The lowest BCUT2D eigenvalue weighted by molar-refractivity contribution is 0.382. The van der Waals surface area contributed by atoms with Gasteiger partial charge in [0.25, 0.3) is 10.0 Å². The molecule has 3 rings (SSSR count). The Balaban J connectivity index is 1.76. The maximum Gasteiger partial charge on any atom is 0.268 e. The molecule has 0 heterocycles. The summed E-state index contributed by atoms with van der Waals surface area (Å²) in [6.07, 6.45) is 0. The predicted octanol–water partition coefficient (Wildman–Crippen LogP) is 3.62. The highest BCUT2D eigenvalue weighted by atomic mass is 32.2. The van der Waals surface area contributed by atoms with Crippen molar-refractivity contribution in [1.29, 1.82) is 0 Å². The first-order valence-electron chi connectivity index (χ1n) is 6.80. The number of benzene rings is 3. The highest BCUT2D eigenvalue weighted by molar-refractivity contribution is 7.92. The average molecular weight is 313 g/mol. The molecule has 112 valence electrons. The van der Waals surface area contributed by atoms with Gasteiger partial charge in [-0.05, 0) is 23.6 Å². The van der Waals surface area contributed by atoms with Gasteiger partial charge >= 0.3 is 0 Å². The van der Waals surface area contributed by atoms with Crippen LogP contribution in [-0.2, 0) is 10.0 Å². The first kappa shape index (κ1) is 14.4. The zero-order valence-corrected chi connectivity index (χ0v) is 12.6. The molecule has 0 saturated carbocycles. The summed E-state index contributed by atoms with van der Waals surface area (Å²) in [5.41, 5.74) is 0.518. The van der Waals surface area contributed by atoms with Gasteiger partial charge in [0.15, 0.2) is 0 Å². The van der Waals surface area contributed by atoms with Crippen LogP contribution in [0.1, 0.15) is 0 Å². The van der Waals surface area contributed by atoms with Gasteiger partial charge < -0.3 is 4.74 Å². The smallest absolute Gasteiger partial charge is 0.268 e. The molecule has 0 aliphatic carbocycles. The van der Waals surface area contributed by atoms with E-state index >= 15 is 0 Å². The minimum atomic E-state index is -3.57. The van der Waals surface area contributed by atoms with E-state index in [1.165, 1.54) is 0 Å². The SMILES string of the molecule is O=S(=O)(COc1cccc2ccccc12)Nc1ccccc1. The normalized spacial score (nSPS) is 11.3. The van der Waals surface area contributed by atoms with Gasteiger partial charge in [0.2, 0.25) is 5.94 Å². The van der Waals surface area contributed by atoms with Gasteiger partial charge in [0, 0.05) is 11.1 Å². The average Bonchev–Trinajstić information content (AvgIpc) is 2.53. The predicted molar refractivity (Wildman–Crippen MR) is 88.4 cm³/mol. The lowest BCUT2D eigenvalue weighted by Crippen LogP contribution is -2.20. The summed E-state index contributed by atoms with van der Waals surface area (Å²) < 4.78 is 32.1. The van der Waals surface area contributed by atoms with Crippen molar-refractivity contribution in [3.05, 3.63) is 72.8 Å². The standard InChI is InChI=1S/C17H15NO3S/c19-22(20,18-15-9-2-1-3-10-15)13-21-17-12-6-8-14-7-4-5-11-16(14)17/h1-12,18H,13H2. The fourth-order valence-electron chi connectivity index (χ4n) is 2.18. The Kier molecular flexibility index (Phi) is 3.98. The lowest BCUT2D eigenvalue weighted by atomic mass is 10.1. The van der Waals surface area contributed by atoms with E-state index in [1.54, 1.807) is 30.3 Å². The van der Waals surface area contributed by atoms with E-state index in [-0.39, 0.29) is 0 Å². The fourth-order valence-corrected chi connectivity index (χ4v) is 3.01. The summed E-state index contributed by atoms with van der Waals surface area (Å²) in [6.45, 7) is 0. The van der Waals surface area contributed by atoms with Crippen molar-refractivity contribution in [1.82, 2.24) is 0 Å². The van der Waals surface area contributed by atoms with E-state index in [0.717, 1.165) is 10.8 Å². The second-order valence-electron chi connectivity index (χ2n) is 4.82. The van der Waals surface area contributed by atoms with Gasteiger partial charge in [0.05, 0.1) is 0 Å². The molecule has 0 saturated heterocycles. The summed E-state index contributed by atoms with van der Waals surface area (Å²) in [4.78, 5) is 0. The molecule has 3 aromatic carbocycles. The summed E-state index contributed by atoms with van der Waals surface area (Å²) >= 11 is 0. The zero-order chi connectivity index (χ0) is 15.4. The number of ether oxygens (including phenoxy) is 1. The van der Waals surface area contributed by atoms with Gasteiger partial charge in [-0.25, -0.2) is 8.42 Å². The number of anilines is 1. The first-order valence-corrected chi connectivity index (χ1v) is 8.45. The largest absolute Gasteiger partial charge is 0.475 e. The minimum Gasteiger partial charge on any atom is -0.475 e. The molecule has 22 heavy (non-hydrogen) atoms. The fraction of sp³-hybridized carbons (Fsp3) is 0.0588. The molecule has 0 spiro atoms. The maximum absolute atomic E-state index is 12.1. The number of rotatable bonds is 5. The number of sulfonamides is 1. The van der Waals surface area contributed by atoms with Crippen LogP contribution in [-0.4, -0.2) is 14.4 Å². The number of para-hydroxylation sites is 1. The Bertz CT molecular complexity index is 871. The van der Waals surface area contributed by atoms with Gasteiger partial charge in [-0.15, -0.1) is 0 Å². The van der Waals surface area contributed by atoms with Crippen LogP contribution < -0.4 is 9.46 Å². The van der Waals surface area contributed by atoms with Gasteiger partial charge in [-0.3, -0.25) is 4.72 Å². The Hall–Kier alpha value is -2.53. The van der Waals surface area contributed by atoms with Crippen LogP contribution in [0.25, 0.3) is 10.8 Å². The molecule has 4 nitrogen and oxygen atoms in total. The Labute approximate surface area is 129 Å². The van der Waals surface area contributed by atoms with Crippen LogP contribution in [0.5, 0.6) is 5.75 Å². The molecule has 0 fully saturated rings. The summed E-state index contributed by atoms with van der Waals surface area (Å²) in [5.74, 6) is 0.118. The third-order valence-corrected chi connectivity index (χ3v) is 4.14. The number of hydrogen-bond donors (Lipinski definition) is 1. The quantitative estimate of drug-likeness (QED) is 0.782. The second-order valence-corrected chi connectivity index (χ2v) is 6.49. The van der Waals surface area contributed by atoms with Crippen LogP contribution in [0.4, 0.5) is 5.69 Å². The van der Waals surface area contributed by atoms with Crippen molar-refractivity contribution in [3.63, 3.8) is 0 Å². The number of hydrogen-bond acceptors (Lipinski definition) is 3. The van der Waals surface area contributed by atoms with Gasteiger partial charge in [0.1, 0.15) is 5.75 Å². The van der Waals surface area contributed by atoms with Crippen molar-refractivity contribution in [2.75, 3.05) is 10.7 Å².